The fourth-order valence-corrected chi connectivity index (χ4v) is 7.24. The lowest BCUT2D eigenvalue weighted by Crippen LogP contribution is -2.67. The van der Waals surface area contributed by atoms with Crippen LogP contribution in [-0.4, -0.2) is 90.4 Å². The van der Waals surface area contributed by atoms with Gasteiger partial charge in [-0.25, -0.2) is 4.98 Å². The van der Waals surface area contributed by atoms with Crippen LogP contribution in [0.3, 0.4) is 0 Å². The van der Waals surface area contributed by atoms with E-state index in [1.807, 2.05) is 35.2 Å². The van der Waals surface area contributed by atoms with Gasteiger partial charge in [0.25, 0.3) is 0 Å². The summed E-state index contributed by atoms with van der Waals surface area (Å²) in [4.78, 5) is 27.6. The van der Waals surface area contributed by atoms with Gasteiger partial charge in [-0.2, -0.15) is 4.98 Å². The maximum absolute atomic E-state index is 12.8. The minimum atomic E-state index is -2.52. The molecule has 0 unspecified atom stereocenters. The molecule has 1 amide bonds. The molecule has 1 aromatic heterocycles. The summed E-state index contributed by atoms with van der Waals surface area (Å²) in [6.45, 7) is 14.0. The van der Waals surface area contributed by atoms with Crippen molar-refractivity contribution in [3.63, 3.8) is 0 Å². The molecule has 0 saturated carbocycles. The highest BCUT2D eigenvalue weighted by Gasteiger charge is 2.40. The zero-order valence-corrected chi connectivity index (χ0v) is 25.7. The number of aryl methyl sites for hydroxylation is 1. The van der Waals surface area contributed by atoms with Crippen LogP contribution in [0, 0.1) is 6.92 Å². The Bertz CT molecular complexity index is 1590. The Morgan fingerprint density at radius 2 is 1.93 bits per heavy atom. The first-order chi connectivity index (χ1) is 20.1. The number of nitrogens with zero attached hydrogens (tertiary/aromatic N) is 5. The Morgan fingerprint density at radius 1 is 1.14 bits per heavy atom. The Labute approximate surface area is 251 Å². The zero-order chi connectivity index (χ0) is 29.6. The average molecular weight is 608 g/mol. The van der Waals surface area contributed by atoms with Gasteiger partial charge in [0.2, 0.25) is 11.9 Å². The molecule has 3 aliphatic rings. The normalized spacial score (nSPS) is 18.8. The zero-order valence-electron chi connectivity index (χ0n) is 24.0. The number of ether oxygens (including phenoxy) is 1. The van der Waals surface area contributed by atoms with Gasteiger partial charge in [-0.15, -0.1) is 0 Å². The number of carbonyl (C=O) groups is 1. The molecule has 0 radical (unpaired) electrons. The Morgan fingerprint density at radius 3 is 2.69 bits per heavy atom. The van der Waals surface area contributed by atoms with Gasteiger partial charge in [0.1, 0.15) is 24.5 Å². The number of carbonyl (C=O) groups excluding carboxylic acids is 1. The lowest BCUT2D eigenvalue weighted by molar-refractivity contribution is -0.133. The molecule has 2 N–H and O–H groups in total. The maximum Gasteiger partial charge on any atom is 0.246 e. The monoisotopic (exact) mass is 607 g/mol. The van der Waals surface area contributed by atoms with Crippen molar-refractivity contribution < 1.29 is 14.1 Å². The molecule has 12 heteroatoms. The molecular weight excluding hydrogens is 573 g/mol. The number of nitrogens with one attached hydrogen (secondary N) is 2. The predicted octanol–water partition coefficient (Wildman–Crippen LogP) is 4.45. The predicted molar refractivity (Wildman–Crippen MR) is 169 cm³/mol. The molecule has 3 aromatic rings. The van der Waals surface area contributed by atoms with Gasteiger partial charge in [0.15, 0.2) is 5.82 Å². The quantitative estimate of drug-likeness (QED) is 0.298. The smallest absolute Gasteiger partial charge is 0.246 e. The number of rotatable bonds is 7. The van der Waals surface area contributed by atoms with Gasteiger partial charge in [-0.3, -0.25) is 9.69 Å². The third-order valence-corrected chi connectivity index (χ3v) is 9.93. The molecular formula is C30H35ClN7O3P. The molecule has 1 atom stereocenters. The first kappa shape index (κ1) is 28.5. The maximum atomic E-state index is 12.8. The van der Waals surface area contributed by atoms with Crippen molar-refractivity contribution in [1.82, 2.24) is 19.8 Å². The van der Waals surface area contributed by atoms with Crippen LogP contribution in [-0.2, 0) is 9.36 Å². The number of anilines is 5. The summed E-state index contributed by atoms with van der Waals surface area (Å²) in [5.41, 5.74) is 3.73. The van der Waals surface area contributed by atoms with Crippen molar-refractivity contribution in [2.75, 3.05) is 68.2 Å². The third-order valence-electron chi connectivity index (χ3n) is 8.10. The highest BCUT2D eigenvalue weighted by atomic mass is 35.5. The molecule has 42 heavy (non-hydrogen) atoms. The summed E-state index contributed by atoms with van der Waals surface area (Å²) in [5.74, 6) is 1.63. The number of aromatic nitrogens is 2. The van der Waals surface area contributed by atoms with Crippen molar-refractivity contribution in [2.45, 2.75) is 19.0 Å². The van der Waals surface area contributed by atoms with Crippen molar-refractivity contribution >= 4 is 58.8 Å². The SMILES string of the molecule is C=CC(=O)N1CC(N2CCN3c4c(C)cc(Nc5ncc(Cl)c(Nc6ccccc6P(C)(C)=O)n5)cc4OC[C@H]3C2)C1. The number of fused-ring (bicyclic) bond motifs is 3. The third kappa shape index (κ3) is 5.59. The van der Waals surface area contributed by atoms with Crippen LogP contribution >= 0.6 is 18.7 Å². The molecule has 0 bridgehead atoms. The van der Waals surface area contributed by atoms with E-state index in [2.05, 4.69) is 50.0 Å². The van der Waals surface area contributed by atoms with E-state index in [9.17, 15) is 9.36 Å². The van der Waals surface area contributed by atoms with E-state index < -0.39 is 7.14 Å². The van der Waals surface area contributed by atoms with Gasteiger partial charge in [0, 0.05) is 55.8 Å². The molecule has 10 nitrogen and oxygen atoms in total. The molecule has 0 aliphatic carbocycles. The number of amides is 1. The van der Waals surface area contributed by atoms with Crippen LogP contribution in [0.1, 0.15) is 5.56 Å². The van der Waals surface area contributed by atoms with Gasteiger partial charge in [-0.05, 0) is 50.1 Å². The average Bonchev–Trinajstić information content (AvgIpc) is 2.93. The standard InChI is InChI=1S/C30H35ClN7O3P/c1-5-27(39)37-15-21(16-37)36-10-11-38-22(17-36)18-41-25-13-20(12-19(2)28(25)38)33-30-32-14-23(31)29(35-30)34-24-8-6-7-9-26(24)42(3,4)40/h5-9,12-14,21-22H,1,10-11,15-18H2,2-4H3,(H2,32,33,34,35)/t22-/m1/s1. The molecule has 2 aromatic carbocycles. The Kier molecular flexibility index (Phi) is 7.64. The second kappa shape index (κ2) is 11.2. The van der Waals surface area contributed by atoms with E-state index >= 15 is 0 Å². The van der Waals surface area contributed by atoms with E-state index in [1.54, 1.807) is 19.5 Å². The number of piperazine rings is 1. The largest absolute Gasteiger partial charge is 0.489 e. The fourth-order valence-electron chi connectivity index (χ4n) is 5.95. The minimum absolute atomic E-state index is 0.00570. The van der Waals surface area contributed by atoms with Crippen LogP contribution in [0.2, 0.25) is 5.02 Å². The topological polar surface area (TPSA) is 103 Å². The van der Waals surface area contributed by atoms with Crippen molar-refractivity contribution in [1.29, 1.82) is 0 Å². The molecule has 4 heterocycles. The molecule has 2 fully saturated rings. The van der Waals surface area contributed by atoms with E-state index in [1.165, 1.54) is 6.08 Å². The first-order valence-corrected chi connectivity index (χ1v) is 17.0. The number of hydrogen-bond donors (Lipinski definition) is 2. The van der Waals surface area contributed by atoms with Crippen LogP contribution in [0.4, 0.5) is 28.8 Å². The molecule has 6 rings (SSSR count). The number of benzene rings is 2. The van der Waals surface area contributed by atoms with Crippen LogP contribution in [0.15, 0.2) is 55.3 Å². The molecule has 3 aliphatic heterocycles. The van der Waals surface area contributed by atoms with Crippen LogP contribution < -0.4 is 25.6 Å². The van der Waals surface area contributed by atoms with Gasteiger partial charge < -0.3 is 29.7 Å². The summed E-state index contributed by atoms with van der Waals surface area (Å²) in [5, 5.41) is 7.63. The summed E-state index contributed by atoms with van der Waals surface area (Å²) in [6, 6.07) is 12.2. The van der Waals surface area contributed by atoms with Gasteiger partial charge in [0.05, 0.1) is 23.6 Å². The number of likely N-dealkylation sites (tertiary alicyclic amines) is 1. The van der Waals surface area contributed by atoms with Gasteiger partial charge in [-0.1, -0.05) is 30.3 Å². The Hall–Kier alpha value is -3.59. The fraction of sp³-hybridized carbons (Fsp3) is 0.367. The number of halogens is 1. The molecule has 2 saturated heterocycles. The summed E-state index contributed by atoms with van der Waals surface area (Å²) < 4.78 is 19.1. The van der Waals surface area contributed by atoms with Crippen molar-refractivity contribution in [2.24, 2.45) is 0 Å². The lowest BCUT2D eigenvalue weighted by Gasteiger charge is -2.52. The number of para-hydroxylation sites is 1. The first-order valence-electron chi connectivity index (χ1n) is 14.0. The highest BCUT2D eigenvalue weighted by molar-refractivity contribution is 7.70. The lowest BCUT2D eigenvalue weighted by atomic mass is 10.0. The van der Waals surface area contributed by atoms with E-state index in [0.29, 0.717) is 35.1 Å². The van der Waals surface area contributed by atoms with Gasteiger partial charge >= 0.3 is 0 Å². The minimum Gasteiger partial charge on any atom is -0.489 e. The second-order valence-corrected chi connectivity index (χ2v) is 15.0. The molecule has 220 valence electrons. The van der Waals surface area contributed by atoms with E-state index in [4.69, 9.17) is 16.3 Å². The summed E-state index contributed by atoms with van der Waals surface area (Å²) >= 11 is 6.44. The van der Waals surface area contributed by atoms with Crippen LogP contribution in [0.5, 0.6) is 5.75 Å². The van der Waals surface area contributed by atoms with E-state index in [0.717, 1.165) is 60.7 Å². The van der Waals surface area contributed by atoms with Crippen LogP contribution in [0.25, 0.3) is 0 Å². The van der Waals surface area contributed by atoms with Crippen molar-refractivity contribution in [3.05, 3.63) is 65.8 Å². The molecule has 0 spiro atoms. The van der Waals surface area contributed by atoms with E-state index in [-0.39, 0.29) is 11.9 Å². The second-order valence-electron chi connectivity index (χ2n) is 11.4. The number of hydrogen-bond acceptors (Lipinski definition) is 9. The summed E-state index contributed by atoms with van der Waals surface area (Å²) in [6.07, 6.45) is 2.93. The highest BCUT2D eigenvalue weighted by Crippen LogP contribution is 2.42. The van der Waals surface area contributed by atoms with Crippen molar-refractivity contribution in [3.8, 4) is 5.75 Å². The Balaban J connectivity index is 1.16. The summed E-state index contributed by atoms with van der Waals surface area (Å²) in [7, 11) is -2.52.